The van der Waals surface area contributed by atoms with Gasteiger partial charge >= 0.3 is 0 Å². The topological polar surface area (TPSA) is 70.7 Å². The molecule has 0 bridgehead atoms. The molecule has 0 aliphatic heterocycles. The maximum Gasteiger partial charge on any atom is 0.274 e. The molecular weight excluding hydrogens is 204 g/mol. The van der Waals surface area contributed by atoms with Crippen LogP contribution in [-0.2, 0) is 0 Å². The SMILES string of the molecule is Cc1ccnc(NC(=O)c2cnc(C)[nH]2)c1. The zero-order valence-electron chi connectivity index (χ0n) is 9.11. The maximum absolute atomic E-state index is 11.7. The fourth-order valence-electron chi connectivity index (χ4n) is 1.32. The van der Waals surface area contributed by atoms with Crippen molar-refractivity contribution in [2.24, 2.45) is 0 Å². The summed E-state index contributed by atoms with van der Waals surface area (Å²) >= 11 is 0. The van der Waals surface area contributed by atoms with E-state index in [9.17, 15) is 4.79 Å². The molecule has 2 N–H and O–H groups in total. The number of carbonyl (C=O) groups is 1. The number of pyridine rings is 1. The predicted octanol–water partition coefficient (Wildman–Crippen LogP) is 1.67. The molecule has 0 aromatic carbocycles. The molecule has 16 heavy (non-hydrogen) atoms. The van der Waals surface area contributed by atoms with Gasteiger partial charge < -0.3 is 10.3 Å². The van der Waals surface area contributed by atoms with Crippen LogP contribution in [0, 0.1) is 13.8 Å². The number of rotatable bonds is 2. The van der Waals surface area contributed by atoms with Gasteiger partial charge in [-0.2, -0.15) is 0 Å². The van der Waals surface area contributed by atoms with Gasteiger partial charge in [0, 0.05) is 6.20 Å². The van der Waals surface area contributed by atoms with Crippen molar-refractivity contribution in [3.63, 3.8) is 0 Å². The summed E-state index contributed by atoms with van der Waals surface area (Å²) in [6.45, 7) is 3.74. The predicted molar refractivity (Wildman–Crippen MR) is 60.3 cm³/mol. The summed E-state index contributed by atoms with van der Waals surface area (Å²) in [5, 5.41) is 2.69. The van der Waals surface area contributed by atoms with Gasteiger partial charge in [-0.05, 0) is 31.5 Å². The lowest BCUT2D eigenvalue weighted by Crippen LogP contribution is -2.13. The fourth-order valence-corrected chi connectivity index (χ4v) is 1.32. The Morgan fingerprint density at radius 2 is 2.19 bits per heavy atom. The highest BCUT2D eigenvalue weighted by molar-refractivity contribution is 6.02. The highest BCUT2D eigenvalue weighted by Crippen LogP contribution is 2.07. The molecule has 0 saturated heterocycles. The number of aromatic nitrogens is 3. The monoisotopic (exact) mass is 216 g/mol. The van der Waals surface area contributed by atoms with E-state index in [2.05, 4.69) is 20.3 Å². The first-order valence-electron chi connectivity index (χ1n) is 4.91. The molecule has 2 heterocycles. The normalized spacial score (nSPS) is 10.1. The molecular formula is C11H12N4O. The maximum atomic E-state index is 11.7. The Kier molecular flexibility index (Phi) is 2.68. The molecule has 5 nitrogen and oxygen atoms in total. The van der Waals surface area contributed by atoms with Crippen molar-refractivity contribution in [2.75, 3.05) is 5.32 Å². The van der Waals surface area contributed by atoms with E-state index in [4.69, 9.17) is 0 Å². The lowest BCUT2D eigenvalue weighted by molar-refractivity contribution is 0.102. The zero-order valence-corrected chi connectivity index (χ0v) is 9.11. The molecule has 0 unspecified atom stereocenters. The third kappa shape index (κ3) is 2.25. The molecule has 2 aromatic rings. The van der Waals surface area contributed by atoms with Gasteiger partial charge in [0.05, 0.1) is 6.20 Å². The van der Waals surface area contributed by atoms with Crippen molar-refractivity contribution in [3.8, 4) is 0 Å². The standard InChI is InChI=1S/C11H12N4O/c1-7-3-4-12-10(5-7)15-11(16)9-6-13-8(2)14-9/h3-6H,1-2H3,(H,13,14)(H,12,15,16). The lowest BCUT2D eigenvalue weighted by atomic mass is 10.3. The summed E-state index contributed by atoms with van der Waals surface area (Å²) in [6.07, 6.45) is 3.16. The van der Waals surface area contributed by atoms with Crippen LogP contribution in [0.15, 0.2) is 24.5 Å². The van der Waals surface area contributed by atoms with Gasteiger partial charge in [0.25, 0.3) is 5.91 Å². The van der Waals surface area contributed by atoms with E-state index in [1.54, 1.807) is 19.2 Å². The Morgan fingerprint density at radius 3 is 2.81 bits per heavy atom. The van der Waals surface area contributed by atoms with Crippen LogP contribution in [0.1, 0.15) is 21.9 Å². The number of hydrogen-bond acceptors (Lipinski definition) is 3. The molecule has 0 saturated carbocycles. The van der Waals surface area contributed by atoms with Crippen LogP contribution in [0.25, 0.3) is 0 Å². The number of nitrogens with zero attached hydrogens (tertiary/aromatic N) is 2. The van der Waals surface area contributed by atoms with E-state index < -0.39 is 0 Å². The van der Waals surface area contributed by atoms with Crippen LogP contribution in [0.5, 0.6) is 0 Å². The van der Waals surface area contributed by atoms with Gasteiger partial charge in [-0.1, -0.05) is 0 Å². The van der Waals surface area contributed by atoms with Crippen LogP contribution < -0.4 is 5.32 Å². The summed E-state index contributed by atoms with van der Waals surface area (Å²) in [6, 6.07) is 3.68. The first kappa shape index (κ1) is 10.4. The third-order valence-corrected chi connectivity index (χ3v) is 2.10. The van der Waals surface area contributed by atoms with Crippen LogP contribution in [-0.4, -0.2) is 20.9 Å². The molecule has 2 rings (SSSR count). The van der Waals surface area contributed by atoms with Gasteiger partial charge in [-0.3, -0.25) is 4.79 Å². The minimum atomic E-state index is -0.237. The van der Waals surface area contributed by atoms with Gasteiger partial charge in [0.15, 0.2) is 0 Å². The number of imidazole rings is 1. The van der Waals surface area contributed by atoms with Gasteiger partial charge in [0.2, 0.25) is 0 Å². The summed E-state index contributed by atoms with van der Waals surface area (Å²) in [4.78, 5) is 22.6. The molecule has 0 fully saturated rings. The second-order valence-corrected chi connectivity index (χ2v) is 3.55. The highest BCUT2D eigenvalue weighted by Gasteiger charge is 2.08. The number of anilines is 1. The second kappa shape index (κ2) is 4.14. The summed E-state index contributed by atoms with van der Waals surface area (Å²) < 4.78 is 0. The fraction of sp³-hybridized carbons (Fsp3) is 0.182. The Bertz CT molecular complexity index is 518. The second-order valence-electron chi connectivity index (χ2n) is 3.55. The Morgan fingerprint density at radius 1 is 1.38 bits per heavy atom. The van der Waals surface area contributed by atoms with E-state index in [1.165, 1.54) is 6.20 Å². The van der Waals surface area contributed by atoms with Crippen LogP contribution in [0.2, 0.25) is 0 Å². The Labute approximate surface area is 92.9 Å². The van der Waals surface area contributed by atoms with Crippen LogP contribution in [0.3, 0.4) is 0 Å². The van der Waals surface area contributed by atoms with E-state index in [0.717, 1.165) is 5.56 Å². The van der Waals surface area contributed by atoms with Gasteiger partial charge in [-0.15, -0.1) is 0 Å². The molecule has 0 aliphatic rings. The first-order chi connectivity index (χ1) is 7.65. The number of aryl methyl sites for hydroxylation is 2. The average molecular weight is 216 g/mol. The molecule has 2 aromatic heterocycles. The number of hydrogen-bond donors (Lipinski definition) is 2. The van der Waals surface area contributed by atoms with E-state index in [-0.39, 0.29) is 5.91 Å². The molecule has 5 heteroatoms. The first-order valence-corrected chi connectivity index (χ1v) is 4.91. The number of amides is 1. The Balaban J connectivity index is 2.13. The Hall–Kier alpha value is -2.17. The smallest absolute Gasteiger partial charge is 0.274 e. The molecule has 82 valence electrons. The van der Waals surface area contributed by atoms with Crippen molar-refractivity contribution < 1.29 is 4.79 Å². The van der Waals surface area contributed by atoms with E-state index in [0.29, 0.717) is 17.3 Å². The summed E-state index contributed by atoms with van der Waals surface area (Å²) in [5.41, 5.74) is 1.48. The van der Waals surface area contributed by atoms with Crippen LogP contribution >= 0.6 is 0 Å². The van der Waals surface area contributed by atoms with E-state index in [1.807, 2.05) is 13.0 Å². The average Bonchev–Trinajstić information content (AvgIpc) is 2.65. The quantitative estimate of drug-likeness (QED) is 0.802. The van der Waals surface area contributed by atoms with Crippen molar-refractivity contribution in [2.45, 2.75) is 13.8 Å². The highest BCUT2D eigenvalue weighted by atomic mass is 16.1. The molecule has 0 spiro atoms. The molecule has 1 amide bonds. The van der Waals surface area contributed by atoms with E-state index >= 15 is 0 Å². The minimum absolute atomic E-state index is 0.237. The van der Waals surface area contributed by atoms with Crippen molar-refractivity contribution in [1.29, 1.82) is 0 Å². The summed E-state index contributed by atoms with van der Waals surface area (Å²) in [7, 11) is 0. The lowest BCUT2D eigenvalue weighted by Gasteiger charge is -2.02. The summed E-state index contributed by atoms with van der Waals surface area (Å²) in [5.74, 6) is 1.01. The third-order valence-electron chi connectivity index (χ3n) is 2.10. The zero-order chi connectivity index (χ0) is 11.5. The van der Waals surface area contributed by atoms with Crippen molar-refractivity contribution in [3.05, 3.63) is 41.6 Å². The largest absolute Gasteiger partial charge is 0.338 e. The minimum Gasteiger partial charge on any atom is -0.338 e. The van der Waals surface area contributed by atoms with Gasteiger partial charge in [0.1, 0.15) is 17.3 Å². The number of aromatic amines is 1. The molecule has 0 radical (unpaired) electrons. The van der Waals surface area contributed by atoms with Gasteiger partial charge in [-0.25, -0.2) is 9.97 Å². The number of nitrogens with one attached hydrogen (secondary N) is 2. The molecule has 0 aliphatic carbocycles. The van der Waals surface area contributed by atoms with Crippen molar-refractivity contribution in [1.82, 2.24) is 15.0 Å². The number of carbonyl (C=O) groups excluding carboxylic acids is 1. The van der Waals surface area contributed by atoms with Crippen molar-refractivity contribution >= 4 is 11.7 Å². The number of H-pyrrole nitrogens is 1. The van der Waals surface area contributed by atoms with Crippen LogP contribution in [0.4, 0.5) is 5.82 Å². The molecule has 0 atom stereocenters.